The van der Waals surface area contributed by atoms with Gasteiger partial charge in [0, 0.05) is 24.1 Å². The molecule has 0 heterocycles. The summed E-state index contributed by atoms with van der Waals surface area (Å²) in [6.07, 6.45) is 0.999. The van der Waals surface area contributed by atoms with E-state index in [0.29, 0.717) is 0 Å². The zero-order chi connectivity index (χ0) is 23.3. The third kappa shape index (κ3) is 13.4. The summed E-state index contributed by atoms with van der Waals surface area (Å²) in [5, 5.41) is 16.6. The number of hydrogen-bond acceptors (Lipinski definition) is 7. The second-order valence-corrected chi connectivity index (χ2v) is 8.39. The van der Waals surface area contributed by atoms with Crippen molar-refractivity contribution in [1.29, 1.82) is 0 Å². The lowest BCUT2D eigenvalue weighted by atomic mass is 10.1. The molecule has 12 heteroatoms. The molecule has 0 aliphatic heterocycles. The van der Waals surface area contributed by atoms with Crippen molar-refractivity contribution in [1.82, 2.24) is 16.0 Å². The first-order chi connectivity index (χ1) is 14.5. The van der Waals surface area contributed by atoms with E-state index in [1.807, 2.05) is 6.07 Å². The fourth-order valence-corrected chi connectivity index (χ4v) is 2.63. The van der Waals surface area contributed by atoms with Gasteiger partial charge >= 0.3 is 12.1 Å². The minimum Gasteiger partial charge on any atom is -0.481 e. The summed E-state index contributed by atoms with van der Waals surface area (Å²) in [5.74, 6) is -2.42. The molecule has 0 bridgehead atoms. The lowest BCUT2D eigenvalue weighted by Gasteiger charge is -2.14. The molecule has 3 amide bonds. The molecule has 1 aromatic carbocycles. The molecule has 0 saturated heterocycles. The van der Waals surface area contributed by atoms with Crippen molar-refractivity contribution in [2.24, 2.45) is 0 Å². The number of nitrogens with one attached hydrogen (secondary N) is 3. The summed E-state index contributed by atoms with van der Waals surface area (Å²) in [6.45, 7) is -0.831. The molecule has 4 N–H and O–H groups in total. The van der Waals surface area contributed by atoms with Crippen LogP contribution in [-0.4, -0.2) is 62.8 Å². The largest absolute Gasteiger partial charge is 0.481 e. The molecule has 170 valence electrons. The Morgan fingerprint density at radius 1 is 1.06 bits per heavy atom. The molecule has 1 aromatic rings. The Bertz CT molecular complexity index is 900. The van der Waals surface area contributed by atoms with Crippen LogP contribution in [0.1, 0.15) is 18.4 Å². The fourth-order valence-electron chi connectivity index (χ4n) is 2.16. The molecule has 11 nitrogen and oxygen atoms in total. The van der Waals surface area contributed by atoms with Crippen LogP contribution in [0.3, 0.4) is 0 Å². The second kappa shape index (κ2) is 13.0. The van der Waals surface area contributed by atoms with Gasteiger partial charge in [0.15, 0.2) is 9.84 Å². The number of benzene rings is 1. The monoisotopic (exact) mass is 455 g/mol. The summed E-state index contributed by atoms with van der Waals surface area (Å²) < 4.78 is 27.4. The molecule has 0 fully saturated rings. The summed E-state index contributed by atoms with van der Waals surface area (Å²) >= 11 is 0. The number of carboxylic acid groups (broad SMARTS) is 1. The first kappa shape index (κ1) is 25.6. The smallest absolute Gasteiger partial charge is 0.407 e. The van der Waals surface area contributed by atoms with Crippen LogP contribution in [0.25, 0.3) is 0 Å². The standard InChI is InChI=1S/C19H25N3O8S/c1-31(28,29)10-9-15(7-8-18(25)26)22-17(24)12-20-16(23)11-21-19(27)30-13-14-5-3-2-4-6-14/h2-6,9-10,15H,7-8,11-13H2,1H3,(H,20,23)(H,21,27)(H,22,24)(H,25,26)/b10-9+/t15-/m0/s1. The SMILES string of the molecule is CS(=O)(=O)/C=C/[C@H](CCC(=O)O)NC(=O)CNC(=O)CNC(=O)OCc1ccccc1. The van der Waals surface area contributed by atoms with Crippen molar-refractivity contribution < 1.29 is 37.4 Å². The summed E-state index contributed by atoms with van der Waals surface area (Å²) in [6, 6.07) is 8.10. The number of rotatable bonds is 12. The molecule has 1 rings (SSSR count). The second-order valence-electron chi connectivity index (χ2n) is 6.46. The highest BCUT2D eigenvalue weighted by Crippen LogP contribution is 2.02. The quantitative estimate of drug-likeness (QED) is 0.340. The minimum absolute atomic E-state index is 0.0319. The van der Waals surface area contributed by atoms with Gasteiger partial charge in [-0.2, -0.15) is 0 Å². The Balaban J connectivity index is 2.37. The molecule has 0 aliphatic rings. The molecule has 31 heavy (non-hydrogen) atoms. The lowest BCUT2D eigenvalue weighted by Crippen LogP contribution is -2.44. The predicted molar refractivity (Wildman–Crippen MR) is 110 cm³/mol. The van der Waals surface area contributed by atoms with Crippen molar-refractivity contribution in [2.75, 3.05) is 19.3 Å². The van der Waals surface area contributed by atoms with Crippen molar-refractivity contribution in [3.05, 3.63) is 47.4 Å². The fraction of sp³-hybridized carbons (Fsp3) is 0.368. The van der Waals surface area contributed by atoms with Crippen molar-refractivity contribution in [3.8, 4) is 0 Å². The molecule has 0 radical (unpaired) electrons. The highest BCUT2D eigenvalue weighted by molar-refractivity contribution is 7.93. The van der Waals surface area contributed by atoms with Crippen LogP contribution in [0.5, 0.6) is 0 Å². The first-order valence-electron chi connectivity index (χ1n) is 9.16. The van der Waals surface area contributed by atoms with Gasteiger partial charge in [-0.15, -0.1) is 0 Å². The number of sulfone groups is 1. The maximum Gasteiger partial charge on any atom is 0.407 e. The number of amides is 3. The van der Waals surface area contributed by atoms with E-state index in [2.05, 4.69) is 16.0 Å². The topological polar surface area (TPSA) is 168 Å². The van der Waals surface area contributed by atoms with E-state index in [4.69, 9.17) is 9.84 Å². The number of ether oxygens (including phenoxy) is 1. The molecule has 1 atom stereocenters. The highest BCUT2D eigenvalue weighted by atomic mass is 32.2. The van der Waals surface area contributed by atoms with Crippen molar-refractivity contribution >= 4 is 33.7 Å². The van der Waals surface area contributed by atoms with E-state index in [0.717, 1.165) is 17.2 Å². The van der Waals surface area contributed by atoms with Crippen LogP contribution < -0.4 is 16.0 Å². The van der Waals surface area contributed by atoms with E-state index in [9.17, 15) is 27.6 Å². The average Bonchev–Trinajstić information content (AvgIpc) is 2.71. The van der Waals surface area contributed by atoms with E-state index in [-0.39, 0.29) is 19.4 Å². The van der Waals surface area contributed by atoms with E-state index in [1.54, 1.807) is 24.3 Å². The maximum absolute atomic E-state index is 12.0. The Morgan fingerprint density at radius 3 is 2.32 bits per heavy atom. The van der Waals surface area contributed by atoms with Crippen LogP contribution in [0.15, 0.2) is 41.8 Å². The van der Waals surface area contributed by atoms with Gasteiger partial charge in [-0.1, -0.05) is 36.4 Å². The number of carboxylic acids is 1. The van der Waals surface area contributed by atoms with Gasteiger partial charge < -0.3 is 25.8 Å². The van der Waals surface area contributed by atoms with Gasteiger partial charge in [-0.25, -0.2) is 13.2 Å². The average molecular weight is 455 g/mol. The third-order valence-corrected chi connectivity index (χ3v) is 4.28. The van der Waals surface area contributed by atoms with E-state index < -0.39 is 52.8 Å². The number of hydrogen-bond donors (Lipinski definition) is 4. The van der Waals surface area contributed by atoms with Gasteiger partial charge in [-0.05, 0) is 12.0 Å². The van der Waals surface area contributed by atoms with Crippen molar-refractivity contribution in [3.63, 3.8) is 0 Å². The van der Waals surface area contributed by atoms with Crippen LogP contribution >= 0.6 is 0 Å². The van der Waals surface area contributed by atoms with Crippen molar-refractivity contribution in [2.45, 2.75) is 25.5 Å². The van der Waals surface area contributed by atoms with Crippen LogP contribution in [0.2, 0.25) is 0 Å². The normalized spacial score (nSPS) is 12.0. The summed E-state index contributed by atoms with van der Waals surface area (Å²) in [5.41, 5.74) is 0.779. The minimum atomic E-state index is -3.46. The lowest BCUT2D eigenvalue weighted by molar-refractivity contribution is -0.137. The summed E-state index contributed by atoms with van der Waals surface area (Å²) in [7, 11) is -3.46. The Labute approximate surface area is 179 Å². The molecular formula is C19H25N3O8S. The van der Waals surface area contributed by atoms with Gasteiger partial charge in [0.25, 0.3) is 0 Å². The number of aliphatic carboxylic acids is 1. The molecule has 0 aromatic heterocycles. The van der Waals surface area contributed by atoms with E-state index >= 15 is 0 Å². The van der Waals surface area contributed by atoms with Crippen LogP contribution in [0.4, 0.5) is 4.79 Å². The van der Waals surface area contributed by atoms with Gasteiger partial charge in [-0.3, -0.25) is 14.4 Å². The van der Waals surface area contributed by atoms with Gasteiger partial charge in [0.1, 0.15) is 13.2 Å². The molecular weight excluding hydrogens is 430 g/mol. The van der Waals surface area contributed by atoms with Crippen LogP contribution in [0, 0.1) is 0 Å². The Kier molecular flexibility index (Phi) is 10.8. The maximum atomic E-state index is 12.0. The van der Waals surface area contributed by atoms with Gasteiger partial charge in [0.05, 0.1) is 6.54 Å². The molecule has 0 saturated carbocycles. The third-order valence-electron chi connectivity index (χ3n) is 3.63. The number of alkyl carbamates (subject to hydrolysis) is 1. The first-order valence-corrected chi connectivity index (χ1v) is 11.1. The van der Waals surface area contributed by atoms with Gasteiger partial charge in [0.2, 0.25) is 11.8 Å². The molecule has 0 spiro atoms. The highest BCUT2D eigenvalue weighted by Gasteiger charge is 2.14. The molecule has 0 aliphatic carbocycles. The zero-order valence-corrected chi connectivity index (χ0v) is 17.7. The Morgan fingerprint density at radius 2 is 1.71 bits per heavy atom. The van der Waals surface area contributed by atoms with E-state index in [1.165, 1.54) is 6.08 Å². The molecule has 0 unspecified atom stereocenters. The number of carbonyl (C=O) groups is 4. The zero-order valence-electron chi connectivity index (χ0n) is 16.9. The number of carbonyl (C=O) groups excluding carboxylic acids is 3. The predicted octanol–water partition coefficient (Wildman–Crippen LogP) is -0.0631. The van der Waals surface area contributed by atoms with Crippen LogP contribution in [-0.2, 0) is 35.6 Å². The Hall–Kier alpha value is -3.41. The summed E-state index contributed by atoms with van der Waals surface area (Å²) in [4.78, 5) is 46.0.